The smallest absolute Gasteiger partial charge is 0.137 e. The highest BCUT2D eigenvalue weighted by atomic mass is 16.1. The third-order valence-corrected chi connectivity index (χ3v) is 2.77. The maximum atomic E-state index is 11.3. The first-order valence-corrected chi connectivity index (χ1v) is 4.98. The molecule has 0 spiro atoms. The van der Waals surface area contributed by atoms with Gasteiger partial charge < -0.3 is 4.90 Å². The molecule has 14 heavy (non-hydrogen) atoms. The van der Waals surface area contributed by atoms with Gasteiger partial charge >= 0.3 is 0 Å². The molecule has 0 N–H and O–H groups in total. The highest BCUT2D eigenvalue weighted by molar-refractivity contribution is 5.84. The van der Waals surface area contributed by atoms with Crippen molar-refractivity contribution in [2.75, 3.05) is 19.0 Å². The topological polar surface area (TPSA) is 20.3 Å². The van der Waals surface area contributed by atoms with Gasteiger partial charge in [0, 0.05) is 32.6 Å². The number of anilines is 1. The summed E-state index contributed by atoms with van der Waals surface area (Å²) in [4.78, 5) is 13.4. The first-order valence-electron chi connectivity index (χ1n) is 4.98. The fraction of sp³-hybridized carbons (Fsp3) is 0.417. The number of hydrogen-bond donors (Lipinski definition) is 0. The predicted octanol–water partition coefficient (Wildman–Crippen LogP) is 1.81. The molecule has 0 radical (unpaired) electrons. The lowest BCUT2D eigenvalue weighted by Gasteiger charge is -2.22. The molecule has 0 saturated carbocycles. The van der Waals surface area contributed by atoms with E-state index >= 15 is 0 Å². The van der Waals surface area contributed by atoms with E-state index in [4.69, 9.17) is 0 Å². The molecule has 1 aromatic carbocycles. The van der Waals surface area contributed by atoms with Crippen molar-refractivity contribution in [1.82, 2.24) is 0 Å². The van der Waals surface area contributed by atoms with Crippen molar-refractivity contribution in [3.05, 3.63) is 29.3 Å². The number of rotatable bonds is 1. The van der Waals surface area contributed by atoms with Crippen LogP contribution in [0.5, 0.6) is 0 Å². The van der Waals surface area contributed by atoms with E-state index < -0.39 is 0 Å². The average Bonchev–Trinajstić information content (AvgIpc) is 2.16. The molecular weight excluding hydrogens is 174 g/mol. The Morgan fingerprint density at radius 1 is 1.21 bits per heavy atom. The quantitative estimate of drug-likeness (QED) is 0.671. The molecular formula is C12H15NO. The molecule has 2 nitrogen and oxygen atoms in total. The van der Waals surface area contributed by atoms with Gasteiger partial charge in [-0.2, -0.15) is 0 Å². The van der Waals surface area contributed by atoms with Gasteiger partial charge in [-0.05, 0) is 23.6 Å². The number of carbonyl (C=O) groups excluding carboxylic acids is 1. The summed E-state index contributed by atoms with van der Waals surface area (Å²) in [5, 5.41) is 0. The summed E-state index contributed by atoms with van der Waals surface area (Å²) in [6, 6.07) is 6.22. The largest absolute Gasteiger partial charge is 0.377 e. The third-order valence-electron chi connectivity index (χ3n) is 2.77. The van der Waals surface area contributed by atoms with Crippen molar-refractivity contribution in [3.8, 4) is 0 Å². The number of Topliss-reactive ketones (excluding diaryl/α,β-unsaturated/α-hetero) is 1. The Hall–Kier alpha value is -1.31. The summed E-state index contributed by atoms with van der Waals surface area (Å²) in [5.74, 6) is 0.369. The lowest BCUT2D eigenvalue weighted by atomic mass is 9.89. The summed E-state index contributed by atoms with van der Waals surface area (Å²) in [7, 11) is 4.10. The molecule has 0 bridgehead atoms. The number of benzene rings is 1. The molecule has 1 aromatic rings. The molecule has 0 unspecified atom stereocenters. The van der Waals surface area contributed by atoms with Gasteiger partial charge in [-0.1, -0.05) is 12.1 Å². The molecule has 74 valence electrons. The lowest BCUT2D eigenvalue weighted by Crippen LogP contribution is -2.18. The Labute approximate surface area is 84.5 Å². The van der Waals surface area contributed by atoms with Crippen LogP contribution in [-0.4, -0.2) is 19.9 Å². The van der Waals surface area contributed by atoms with E-state index in [9.17, 15) is 4.79 Å². The Morgan fingerprint density at radius 2 is 2.00 bits per heavy atom. The van der Waals surface area contributed by atoms with Gasteiger partial charge in [0.15, 0.2) is 0 Å². The van der Waals surface area contributed by atoms with Crippen molar-refractivity contribution in [2.24, 2.45) is 0 Å². The Bertz CT molecular complexity index is 369. The molecule has 0 aromatic heterocycles. The van der Waals surface area contributed by atoms with E-state index in [2.05, 4.69) is 17.0 Å². The fourth-order valence-corrected chi connectivity index (χ4v) is 2.06. The van der Waals surface area contributed by atoms with E-state index in [1.807, 2.05) is 20.2 Å². The second kappa shape index (κ2) is 3.45. The van der Waals surface area contributed by atoms with Gasteiger partial charge in [-0.25, -0.2) is 0 Å². The Morgan fingerprint density at radius 3 is 2.71 bits per heavy atom. The normalized spacial score (nSPS) is 15.1. The predicted molar refractivity (Wildman–Crippen MR) is 57.8 cm³/mol. The van der Waals surface area contributed by atoms with Crippen LogP contribution in [0.25, 0.3) is 0 Å². The standard InChI is InChI=1S/C12H15NO/c1-13(2)12-5-3-4-9-8-10(14)6-7-11(9)12/h3-5H,6-8H2,1-2H3. The highest BCUT2D eigenvalue weighted by Gasteiger charge is 2.18. The Balaban J connectivity index is 2.46. The molecule has 1 aliphatic carbocycles. The molecule has 0 atom stereocenters. The van der Waals surface area contributed by atoms with Crippen LogP contribution in [0.1, 0.15) is 17.5 Å². The molecule has 0 saturated heterocycles. The maximum Gasteiger partial charge on any atom is 0.137 e. The second-order valence-corrected chi connectivity index (χ2v) is 4.02. The molecule has 0 fully saturated rings. The lowest BCUT2D eigenvalue weighted by molar-refractivity contribution is -0.118. The number of fused-ring (bicyclic) bond motifs is 1. The minimum absolute atomic E-state index is 0.369. The van der Waals surface area contributed by atoms with E-state index in [1.165, 1.54) is 16.8 Å². The average molecular weight is 189 g/mol. The summed E-state index contributed by atoms with van der Waals surface area (Å²) in [6.45, 7) is 0. The van der Waals surface area contributed by atoms with E-state index in [-0.39, 0.29) is 0 Å². The number of carbonyl (C=O) groups is 1. The SMILES string of the molecule is CN(C)c1cccc2c1CCC(=O)C2. The monoisotopic (exact) mass is 189 g/mol. The minimum atomic E-state index is 0.369. The van der Waals surface area contributed by atoms with Gasteiger partial charge in [0.2, 0.25) is 0 Å². The summed E-state index contributed by atoms with van der Waals surface area (Å²) < 4.78 is 0. The zero-order chi connectivity index (χ0) is 10.1. The molecule has 0 heterocycles. The second-order valence-electron chi connectivity index (χ2n) is 4.02. The minimum Gasteiger partial charge on any atom is -0.377 e. The van der Waals surface area contributed by atoms with Crippen LogP contribution in [0.15, 0.2) is 18.2 Å². The maximum absolute atomic E-state index is 11.3. The number of ketones is 1. The van der Waals surface area contributed by atoms with Crippen molar-refractivity contribution in [1.29, 1.82) is 0 Å². The summed E-state index contributed by atoms with van der Waals surface area (Å²) in [5.41, 5.74) is 3.83. The van der Waals surface area contributed by atoms with Gasteiger partial charge in [-0.15, -0.1) is 0 Å². The van der Waals surface area contributed by atoms with Crippen LogP contribution < -0.4 is 4.90 Å². The van der Waals surface area contributed by atoms with Crippen molar-refractivity contribution < 1.29 is 4.79 Å². The van der Waals surface area contributed by atoms with Crippen LogP contribution in [-0.2, 0) is 17.6 Å². The van der Waals surface area contributed by atoms with Gasteiger partial charge in [0.1, 0.15) is 5.78 Å². The van der Waals surface area contributed by atoms with Crippen LogP contribution in [0.3, 0.4) is 0 Å². The van der Waals surface area contributed by atoms with Crippen LogP contribution in [0.2, 0.25) is 0 Å². The van der Waals surface area contributed by atoms with Gasteiger partial charge in [0.05, 0.1) is 0 Å². The molecule has 0 amide bonds. The van der Waals surface area contributed by atoms with Gasteiger partial charge in [-0.3, -0.25) is 4.79 Å². The van der Waals surface area contributed by atoms with Crippen molar-refractivity contribution in [2.45, 2.75) is 19.3 Å². The molecule has 2 heteroatoms. The zero-order valence-electron chi connectivity index (χ0n) is 8.71. The number of nitrogens with zero attached hydrogens (tertiary/aromatic N) is 1. The van der Waals surface area contributed by atoms with Crippen LogP contribution in [0.4, 0.5) is 5.69 Å². The van der Waals surface area contributed by atoms with Crippen molar-refractivity contribution in [3.63, 3.8) is 0 Å². The van der Waals surface area contributed by atoms with Crippen LogP contribution >= 0.6 is 0 Å². The fourth-order valence-electron chi connectivity index (χ4n) is 2.06. The van der Waals surface area contributed by atoms with Crippen molar-refractivity contribution >= 4 is 11.5 Å². The first-order chi connectivity index (χ1) is 6.68. The van der Waals surface area contributed by atoms with E-state index in [0.717, 1.165) is 6.42 Å². The first kappa shape index (κ1) is 9.25. The molecule has 1 aliphatic rings. The Kier molecular flexibility index (Phi) is 2.28. The van der Waals surface area contributed by atoms with E-state index in [1.54, 1.807) is 0 Å². The van der Waals surface area contributed by atoms with Gasteiger partial charge in [0.25, 0.3) is 0 Å². The molecule has 2 rings (SSSR count). The third kappa shape index (κ3) is 1.52. The summed E-state index contributed by atoms with van der Waals surface area (Å²) >= 11 is 0. The summed E-state index contributed by atoms with van der Waals surface area (Å²) in [6.07, 6.45) is 2.23. The van der Waals surface area contributed by atoms with E-state index in [0.29, 0.717) is 18.6 Å². The number of hydrogen-bond acceptors (Lipinski definition) is 2. The zero-order valence-corrected chi connectivity index (χ0v) is 8.71. The highest BCUT2D eigenvalue weighted by Crippen LogP contribution is 2.27. The van der Waals surface area contributed by atoms with Crippen LogP contribution in [0, 0.1) is 0 Å². The molecule has 0 aliphatic heterocycles.